The molecule has 1 unspecified atom stereocenters. The number of guanidine groups is 1. The smallest absolute Gasteiger partial charge is 0.191 e. The van der Waals surface area contributed by atoms with E-state index < -0.39 is 0 Å². The molecule has 0 aromatic heterocycles. The molecule has 0 heterocycles. The normalized spacial score (nSPS) is 13.2. The van der Waals surface area contributed by atoms with Crippen molar-refractivity contribution < 1.29 is 0 Å². The standard InChI is InChI=1S/C17H29BrN4.HI/c1-6-19-16(20-11-12-21-17(3,4)5)22-13(2)14-9-7-8-10-15(14)18;/h7-10,13,21H,6,11-12H2,1-5H3,(H2,19,20,22);1H. The summed E-state index contributed by atoms with van der Waals surface area (Å²) >= 11 is 3.60. The lowest BCUT2D eigenvalue weighted by atomic mass is 10.1. The van der Waals surface area contributed by atoms with Crippen LogP contribution in [0.4, 0.5) is 0 Å². The Hall–Kier alpha value is -0.340. The van der Waals surface area contributed by atoms with E-state index in [0.717, 1.165) is 30.1 Å². The fraction of sp³-hybridized carbons (Fsp3) is 0.588. The fourth-order valence-corrected chi connectivity index (χ4v) is 2.66. The van der Waals surface area contributed by atoms with E-state index in [2.05, 4.69) is 89.7 Å². The molecule has 0 bridgehead atoms. The average molecular weight is 497 g/mol. The molecule has 0 saturated heterocycles. The number of nitrogens with one attached hydrogen (secondary N) is 3. The summed E-state index contributed by atoms with van der Waals surface area (Å²) in [4.78, 5) is 4.63. The number of aliphatic imine (C=N–C) groups is 1. The van der Waals surface area contributed by atoms with Crippen LogP contribution in [0.25, 0.3) is 0 Å². The monoisotopic (exact) mass is 496 g/mol. The molecule has 0 spiro atoms. The van der Waals surface area contributed by atoms with Crippen LogP contribution in [0.15, 0.2) is 33.7 Å². The van der Waals surface area contributed by atoms with E-state index in [9.17, 15) is 0 Å². The number of hydrogen-bond donors (Lipinski definition) is 3. The van der Waals surface area contributed by atoms with E-state index in [1.165, 1.54) is 5.56 Å². The maximum absolute atomic E-state index is 4.63. The maximum atomic E-state index is 4.63. The van der Waals surface area contributed by atoms with E-state index in [1.54, 1.807) is 0 Å². The van der Waals surface area contributed by atoms with Gasteiger partial charge in [0.1, 0.15) is 0 Å². The van der Waals surface area contributed by atoms with Gasteiger partial charge < -0.3 is 16.0 Å². The van der Waals surface area contributed by atoms with Crippen molar-refractivity contribution in [1.29, 1.82) is 0 Å². The minimum absolute atomic E-state index is 0. The number of halogens is 2. The van der Waals surface area contributed by atoms with E-state index >= 15 is 0 Å². The van der Waals surface area contributed by atoms with Gasteiger partial charge in [0.2, 0.25) is 0 Å². The zero-order valence-electron chi connectivity index (χ0n) is 14.7. The minimum atomic E-state index is 0. The van der Waals surface area contributed by atoms with Gasteiger partial charge in [0.15, 0.2) is 5.96 Å². The summed E-state index contributed by atoms with van der Waals surface area (Å²) in [5, 5.41) is 10.2. The highest BCUT2D eigenvalue weighted by molar-refractivity contribution is 14.0. The summed E-state index contributed by atoms with van der Waals surface area (Å²) in [6.07, 6.45) is 0. The molecule has 0 radical (unpaired) electrons. The summed E-state index contributed by atoms with van der Waals surface area (Å²) in [5.74, 6) is 0.849. The second kappa shape index (κ2) is 11.3. The molecule has 1 atom stereocenters. The quantitative estimate of drug-likeness (QED) is 0.241. The fourth-order valence-electron chi connectivity index (χ4n) is 2.03. The largest absolute Gasteiger partial charge is 0.357 e. The van der Waals surface area contributed by atoms with Crippen LogP contribution >= 0.6 is 39.9 Å². The van der Waals surface area contributed by atoms with Crippen LogP contribution in [0, 0.1) is 0 Å². The van der Waals surface area contributed by atoms with Crippen molar-refractivity contribution in [3.05, 3.63) is 34.3 Å². The highest BCUT2D eigenvalue weighted by Gasteiger charge is 2.11. The zero-order valence-corrected chi connectivity index (χ0v) is 18.7. The first-order chi connectivity index (χ1) is 10.3. The van der Waals surface area contributed by atoms with Crippen molar-refractivity contribution in [2.75, 3.05) is 19.6 Å². The van der Waals surface area contributed by atoms with Gasteiger partial charge in [-0.15, -0.1) is 24.0 Å². The first-order valence-electron chi connectivity index (χ1n) is 7.88. The molecular weight excluding hydrogens is 467 g/mol. The van der Waals surface area contributed by atoms with Crippen LogP contribution in [0.3, 0.4) is 0 Å². The van der Waals surface area contributed by atoms with Crippen molar-refractivity contribution in [1.82, 2.24) is 16.0 Å². The summed E-state index contributed by atoms with van der Waals surface area (Å²) in [6.45, 7) is 13.2. The van der Waals surface area contributed by atoms with E-state index in [0.29, 0.717) is 0 Å². The lowest BCUT2D eigenvalue weighted by Crippen LogP contribution is -2.40. The topological polar surface area (TPSA) is 48.5 Å². The molecular formula is C17H30BrIN4. The summed E-state index contributed by atoms with van der Waals surface area (Å²) in [7, 11) is 0. The van der Waals surface area contributed by atoms with E-state index in [-0.39, 0.29) is 35.6 Å². The Balaban J connectivity index is 0.00000484. The van der Waals surface area contributed by atoms with E-state index in [1.807, 2.05) is 6.07 Å². The summed E-state index contributed by atoms with van der Waals surface area (Å²) in [6, 6.07) is 8.44. The molecule has 6 heteroatoms. The molecule has 0 saturated carbocycles. The third-order valence-corrected chi connectivity index (χ3v) is 3.83. The number of nitrogens with zero attached hydrogens (tertiary/aromatic N) is 1. The van der Waals surface area contributed by atoms with Gasteiger partial charge in [-0.1, -0.05) is 34.1 Å². The van der Waals surface area contributed by atoms with Crippen molar-refractivity contribution in [3.8, 4) is 0 Å². The van der Waals surface area contributed by atoms with Crippen LogP contribution in [-0.4, -0.2) is 31.1 Å². The molecule has 0 aliphatic carbocycles. The number of benzene rings is 1. The Morgan fingerprint density at radius 1 is 1.26 bits per heavy atom. The predicted molar refractivity (Wildman–Crippen MR) is 115 cm³/mol. The van der Waals surface area contributed by atoms with Gasteiger partial charge in [0.05, 0.1) is 12.6 Å². The third-order valence-electron chi connectivity index (χ3n) is 3.11. The van der Waals surface area contributed by atoms with Crippen LogP contribution in [0.1, 0.15) is 46.2 Å². The van der Waals surface area contributed by atoms with Crippen molar-refractivity contribution in [3.63, 3.8) is 0 Å². The lowest BCUT2D eigenvalue weighted by molar-refractivity contribution is 0.432. The second-order valence-corrected chi connectivity index (χ2v) is 7.18. The van der Waals surface area contributed by atoms with Gasteiger partial charge in [-0.2, -0.15) is 0 Å². The molecule has 0 amide bonds. The first kappa shape index (κ1) is 22.7. The number of hydrogen-bond acceptors (Lipinski definition) is 2. The van der Waals surface area contributed by atoms with Gasteiger partial charge in [-0.05, 0) is 46.2 Å². The van der Waals surface area contributed by atoms with Gasteiger partial charge >= 0.3 is 0 Å². The molecule has 132 valence electrons. The Morgan fingerprint density at radius 3 is 2.48 bits per heavy atom. The molecule has 4 nitrogen and oxygen atoms in total. The zero-order chi connectivity index (χ0) is 16.6. The second-order valence-electron chi connectivity index (χ2n) is 6.32. The minimum Gasteiger partial charge on any atom is -0.357 e. The van der Waals surface area contributed by atoms with Crippen molar-refractivity contribution in [2.45, 2.75) is 46.2 Å². The van der Waals surface area contributed by atoms with Gasteiger partial charge in [-0.25, -0.2) is 0 Å². The van der Waals surface area contributed by atoms with Gasteiger partial charge in [-0.3, -0.25) is 4.99 Å². The van der Waals surface area contributed by atoms with Crippen LogP contribution in [0.2, 0.25) is 0 Å². The highest BCUT2D eigenvalue weighted by Crippen LogP contribution is 2.22. The SMILES string of the molecule is CCNC(=NCCNC(C)(C)C)NC(C)c1ccccc1Br.I. The average Bonchev–Trinajstić information content (AvgIpc) is 2.43. The van der Waals surface area contributed by atoms with Crippen LogP contribution in [0.5, 0.6) is 0 Å². The molecule has 1 aromatic carbocycles. The Kier molecular flexibility index (Phi) is 11.1. The number of rotatable bonds is 6. The van der Waals surface area contributed by atoms with E-state index in [4.69, 9.17) is 0 Å². The van der Waals surface area contributed by atoms with Crippen LogP contribution in [-0.2, 0) is 0 Å². The maximum Gasteiger partial charge on any atom is 0.191 e. The summed E-state index contributed by atoms with van der Waals surface area (Å²) in [5.41, 5.74) is 1.35. The molecule has 23 heavy (non-hydrogen) atoms. The predicted octanol–water partition coefficient (Wildman–Crippen LogP) is 4.07. The molecule has 3 N–H and O–H groups in total. The Morgan fingerprint density at radius 2 is 1.91 bits per heavy atom. The lowest BCUT2D eigenvalue weighted by Gasteiger charge is -2.21. The molecule has 1 rings (SSSR count). The molecule has 1 aromatic rings. The van der Waals surface area contributed by atoms with Gasteiger partial charge in [0, 0.05) is 23.1 Å². The van der Waals surface area contributed by atoms with Gasteiger partial charge in [0.25, 0.3) is 0 Å². The molecule has 0 aliphatic rings. The van der Waals surface area contributed by atoms with Crippen molar-refractivity contribution in [2.24, 2.45) is 4.99 Å². The molecule has 0 aliphatic heterocycles. The summed E-state index contributed by atoms with van der Waals surface area (Å²) < 4.78 is 1.11. The van der Waals surface area contributed by atoms with Crippen molar-refractivity contribution >= 4 is 45.9 Å². The Labute approximate surface area is 166 Å². The third kappa shape index (κ3) is 9.52. The molecule has 0 fully saturated rings. The van der Waals surface area contributed by atoms with Crippen LogP contribution < -0.4 is 16.0 Å². The Bertz CT molecular complexity index is 486. The first-order valence-corrected chi connectivity index (χ1v) is 8.67. The highest BCUT2D eigenvalue weighted by atomic mass is 127.